The van der Waals surface area contributed by atoms with E-state index in [1.807, 2.05) is 45.0 Å². The number of fused-ring (bicyclic) bond motifs is 1. The molecular formula is C20H22N2O3S. The smallest absolute Gasteiger partial charge is 0.414 e. The van der Waals surface area contributed by atoms with E-state index in [-0.39, 0.29) is 0 Å². The van der Waals surface area contributed by atoms with Gasteiger partial charge in [-0.1, -0.05) is 12.1 Å². The summed E-state index contributed by atoms with van der Waals surface area (Å²) >= 11 is 1.63. The molecule has 1 heterocycles. The van der Waals surface area contributed by atoms with E-state index >= 15 is 0 Å². The molecule has 26 heavy (non-hydrogen) atoms. The number of hydrogen-bond acceptors (Lipinski definition) is 5. The first kappa shape index (κ1) is 18.2. The summed E-state index contributed by atoms with van der Waals surface area (Å²) in [5, 5.41) is 0.934. The summed E-state index contributed by atoms with van der Waals surface area (Å²) in [6.07, 6.45) is -0.390. The maximum absolute atomic E-state index is 11.9. The number of ether oxygens (including phenoxy) is 2. The molecular weight excluding hydrogens is 348 g/mol. The van der Waals surface area contributed by atoms with E-state index in [0.29, 0.717) is 12.4 Å². The third-order valence-corrected chi connectivity index (χ3v) is 5.23. The standard InChI is InChI=1S/C20H22N2O3S/c1-12-10-16(13(2)14(3)19(12)25-20(23)22(4)5)24-11-18-21-15-8-6-7-9-17(15)26-18/h6-10H,11H2,1-5H3. The molecule has 0 aliphatic carbocycles. The number of aromatic nitrogens is 1. The molecule has 0 saturated carbocycles. The number of hydrogen-bond donors (Lipinski definition) is 0. The summed E-state index contributed by atoms with van der Waals surface area (Å²) in [7, 11) is 3.32. The van der Waals surface area contributed by atoms with Crippen LogP contribution in [-0.2, 0) is 6.61 Å². The van der Waals surface area contributed by atoms with Crippen molar-refractivity contribution in [3.05, 3.63) is 52.0 Å². The fourth-order valence-corrected chi connectivity index (χ4v) is 3.51. The monoisotopic (exact) mass is 370 g/mol. The highest BCUT2D eigenvalue weighted by Crippen LogP contribution is 2.34. The van der Waals surface area contributed by atoms with Gasteiger partial charge in [0.1, 0.15) is 23.1 Å². The number of carbonyl (C=O) groups excluding carboxylic acids is 1. The van der Waals surface area contributed by atoms with Crippen molar-refractivity contribution in [2.45, 2.75) is 27.4 Å². The van der Waals surface area contributed by atoms with Crippen LogP contribution in [-0.4, -0.2) is 30.1 Å². The Hall–Kier alpha value is -2.60. The van der Waals surface area contributed by atoms with Gasteiger partial charge >= 0.3 is 6.09 Å². The second kappa shape index (κ2) is 7.33. The summed E-state index contributed by atoms with van der Waals surface area (Å²) < 4.78 is 12.7. The van der Waals surface area contributed by atoms with E-state index in [2.05, 4.69) is 11.1 Å². The van der Waals surface area contributed by atoms with Gasteiger partial charge in [0.15, 0.2) is 0 Å². The van der Waals surface area contributed by atoms with E-state index in [0.717, 1.165) is 37.7 Å². The van der Waals surface area contributed by atoms with Gasteiger partial charge in [-0.05, 0) is 55.7 Å². The van der Waals surface area contributed by atoms with Crippen molar-refractivity contribution in [2.75, 3.05) is 14.1 Å². The third-order valence-electron chi connectivity index (χ3n) is 4.22. The first-order chi connectivity index (χ1) is 12.4. The van der Waals surface area contributed by atoms with Crippen LogP contribution in [0.1, 0.15) is 21.7 Å². The fourth-order valence-electron chi connectivity index (χ4n) is 2.63. The van der Waals surface area contributed by atoms with Crippen LogP contribution >= 0.6 is 11.3 Å². The molecule has 3 aromatic rings. The van der Waals surface area contributed by atoms with E-state index in [9.17, 15) is 4.79 Å². The van der Waals surface area contributed by atoms with Crippen LogP contribution in [0.2, 0.25) is 0 Å². The molecule has 0 radical (unpaired) electrons. The normalized spacial score (nSPS) is 10.8. The lowest BCUT2D eigenvalue weighted by molar-refractivity contribution is 0.171. The Balaban J connectivity index is 1.81. The molecule has 1 aromatic heterocycles. The lowest BCUT2D eigenvalue weighted by Gasteiger charge is -2.18. The van der Waals surface area contributed by atoms with Crippen LogP contribution in [0.25, 0.3) is 10.2 Å². The number of amides is 1. The Labute approximate surface area is 157 Å². The van der Waals surface area contributed by atoms with Crippen LogP contribution in [0.15, 0.2) is 30.3 Å². The highest BCUT2D eigenvalue weighted by Gasteiger charge is 2.17. The zero-order valence-electron chi connectivity index (χ0n) is 15.6. The quantitative estimate of drug-likeness (QED) is 0.658. The summed E-state index contributed by atoms with van der Waals surface area (Å²) in [5.41, 5.74) is 3.71. The van der Waals surface area contributed by atoms with Gasteiger partial charge in [0.25, 0.3) is 0 Å². The van der Waals surface area contributed by atoms with Gasteiger partial charge in [0.05, 0.1) is 10.2 Å². The highest BCUT2D eigenvalue weighted by molar-refractivity contribution is 7.18. The molecule has 136 valence electrons. The van der Waals surface area contributed by atoms with Crippen LogP contribution in [0.3, 0.4) is 0 Å². The first-order valence-electron chi connectivity index (χ1n) is 8.34. The number of aryl methyl sites for hydroxylation is 1. The Morgan fingerprint density at radius 3 is 2.58 bits per heavy atom. The van der Waals surface area contributed by atoms with Gasteiger partial charge in [-0.3, -0.25) is 0 Å². The number of para-hydroxylation sites is 1. The molecule has 5 nitrogen and oxygen atoms in total. The average molecular weight is 370 g/mol. The van der Waals surface area contributed by atoms with E-state index < -0.39 is 6.09 Å². The Morgan fingerprint density at radius 1 is 1.15 bits per heavy atom. The summed E-state index contributed by atoms with van der Waals surface area (Å²) in [4.78, 5) is 17.9. The van der Waals surface area contributed by atoms with Crippen molar-refractivity contribution in [3.63, 3.8) is 0 Å². The fraction of sp³-hybridized carbons (Fsp3) is 0.300. The van der Waals surface area contributed by atoms with Gasteiger partial charge in [-0.2, -0.15) is 0 Å². The van der Waals surface area contributed by atoms with Gasteiger partial charge in [0.2, 0.25) is 0 Å². The number of carbonyl (C=O) groups is 1. The molecule has 0 aliphatic heterocycles. The average Bonchev–Trinajstić information content (AvgIpc) is 3.03. The van der Waals surface area contributed by atoms with Gasteiger partial charge in [0, 0.05) is 14.1 Å². The predicted molar refractivity (Wildman–Crippen MR) is 104 cm³/mol. The number of thiazole rings is 1. The van der Waals surface area contributed by atoms with E-state index in [1.165, 1.54) is 4.90 Å². The molecule has 0 fully saturated rings. The van der Waals surface area contributed by atoms with Gasteiger partial charge < -0.3 is 14.4 Å². The highest BCUT2D eigenvalue weighted by atomic mass is 32.1. The molecule has 0 saturated heterocycles. The SMILES string of the molecule is Cc1cc(OCc2nc3ccccc3s2)c(C)c(C)c1OC(=O)N(C)C. The Bertz CT molecular complexity index is 930. The van der Waals surface area contributed by atoms with Crippen LogP contribution in [0, 0.1) is 20.8 Å². The van der Waals surface area contributed by atoms with Gasteiger partial charge in [-0.25, -0.2) is 9.78 Å². The molecule has 2 aromatic carbocycles. The summed E-state index contributed by atoms with van der Waals surface area (Å²) in [6, 6.07) is 9.97. The second-order valence-corrected chi connectivity index (χ2v) is 7.51. The minimum Gasteiger partial charge on any atom is -0.486 e. The predicted octanol–water partition coefficient (Wildman–Crippen LogP) is 4.86. The van der Waals surface area contributed by atoms with Crippen molar-refractivity contribution in [1.82, 2.24) is 9.88 Å². The van der Waals surface area contributed by atoms with Crippen molar-refractivity contribution >= 4 is 27.6 Å². The number of rotatable bonds is 4. The minimum atomic E-state index is -0.390. The first-order valence-corrected chi connectivity index (χ1v) is 9.15. The zero-order valence-corrected chi connectivity index (χ0v) is 16.4. The topological polar surface area (TPSA) is 51.7 Å². The maximum Gasteiger partial charge on any atom is 0.414 e. The second-order valence-electron chi connectivity index (χ2n) is 6.40. The molecule has 0 atom stereocenters. The van der Waals surface area contributed by atoms with Crippen LogP contribution in [0.4, 0.5) is 4.79 Å². The molecule has 0 spiro atoms. The molecule has 0 N–H and O–H groups in total. The minimum absolute atomic E-state index is 0.390. The maximum atomic E-state index is 11.9. The van der Waals surface area contributed by atoms with E-state index in [4.69, 9.17) is 9.47 Å². The third kappa shape index (κ3) is 3.65. The molecule has 0 bridgehead atoms. The molecule has 1 amide bonds. The van der Waals surface area contributed by atoms with E-state index in [1.54, 1.807) is 25.4 Å². The largest absolute Gasteiger partial charge is 0.486 e. The molecule has 6 heteroatoms. The number of nitrogens with zero attached hydrogens (tertiary/aromatic N) is 2. The Kier molecular flexibility index (Phi) is 5.13. The molecule has 0 aliphatic rings. The van der Waals surface area contributed by atoms with Gasteiger partial charge in [-0.15, -0.1) is 11.3 Å². The van der Waals surface area contributed by atoms with Crippen molar-refractivity contribution in [2.24, 2.45) is 0 Å². The number of benzene rings is 2. The van der Waals surface area contributed by atoms with Crippen molar-refractivity contribution < 1.29 is 14.3 Å². The molecule has 3 rings (SSSR count). The van der Waals surface area contributed by atoms with Crippen molar-refractivity contribution in [1.29, 1.82) is 0 Å². The zero-order chi connectivity index (χ0) is 18.8. The lowest BCUT2D eigenvalue weighted by atomic mass is 10.0. The summed E-state index contributed by atoms with van der Waals surface area (Å²) in [5.74, 6) is 1.37. The summed E-state index contributed by atoms with van der Waals surface area (Å²) in [6.45, 7) is 6.23. The Morgan fingerprint density at radius 2 is 1.88 bits per heavy atom. The van der Waals surface area contributed by atoms with Crippen LogP contribution < -0.4 is 9.47 Å². The van der Waals surface area contributed by atoms with Crippen LogP contribution in [0.5, 0.6) is 11.5 Å². The van der Waals surface area contributed by atoms with Crippen molar-refractivity contribution in [3.8, 4) is 11.5 Å². The lowest BCUT2D eigenvalue weighted by Crippen LogP contribution is -2.26. The molecule has 0 unspecified atom stereocenters.